The lowest BCUT2D eigenvalue weighted by Gasteiger charge is -2.31. The van der Waals surface area contributed by atoms with Crippen molar-refractivity contribution in [2.45, 2.75) is 13.5 Å². The molecule has 152 valence electrons. The lowest BCUT2D eigenvalue weighted by Crippen LogP contribution is -2.33. The molecule has 31 heavy (non-hydrogen) atoms. The van der Waals surface area contributed by atoms with Crippen LogP contribution in [0.25, 0.3) is 11.1 Å². The van der Waals surface area contributed by atoms with Crippen molar-refractivity contribution in [1.29, 1.82) is 0 Å². The molecule has 5 rings (SSSR count). The molecule has 0 radical (unpaired) electrons. The zero-order chi connectivity index (χ0) is 21.4. The van der Waals surface area contributed by atoms with E-state index in [0.29, 0.717) is 29.1 Å². The average molecular weight is 408 g/mol. The SMILES string of the molecule is Cc1occc1C(=O)Nc1ccc(C(=O)N2Cc3ccccc3-c3ccccc32)cc1. The number of nitrogens with zero attached hydrogens (tertiary/aromatic N) is 1. The van der Waals surface area contributed by atoms with Gasteiger partial charge in [0.15, 0.2) is 0 Å². The minimum Gasteiger partial charge on any atom is -0.469 e. The maximum Gasteiger partial charge on any atom is 0.259 e. The second-order valence-corrected chi connectivity index (χ2v) is 7.49. The number of rotatable bonds is 3. The van der Waals surface area contributed by atoms with Crippen LogP contribution in [0.5, 0.6) is 0 Å². The summed E-state index contributed by atoms with van der Waals surface area (Å²) in [4.78, 5) is 27.5. The van der Waals surface area contributed by atoms with Gasteiger partial charge in [-0.2, -0.15) is 0 Å². The number of carbonyl (C=O) groups excluding carboxylic acids is 2. The Balaban J connectivity index is 1.40. The van der Waals surface area contributed by atoms with E-state index >= 15 is 0 Å². The minimum absolute atomic E-state index is 0.0782. The van der Waals surface area contributed by atoms with E-state index in [0.717, 1.165) is 22.4 Å². The molecule has 2 heterocycles. The van der Waals surface area contributed by atoms with Gasteiger partial charge in [0.1, 0.15) is 5.76 Å². The van der Waals surface area contributed by atoms with Gasteiger partial charge in [0.25, 0.3) is 11.8 Å². The van der Waals surface area contributed by atoms with Gasteiger partial charge >= 0.3 is 0 Å². The van der Waals surface area contributed by atoms with Crippen LogP contribution < -0.4 is 10.2 Å². The van der Waals surface area contributed by atoms with Gasteiger partial charge in [-0.15, -0.1) is 0 Å². The fourth-order valence-electron chi connectivity index (χ4n) is 3.97. The predicted octanol–water partition coefficient (Wildman–Crippen LogP) is 5.67. The Labute approximate surface area is 179 Å². The number of nitrogens with one attached hydrogen (secondary N) is 1. The molecule has 0 aliphatic carbocycles. The van der Waals surface area contributed by atoms with Crippen molar-refractivity contribution in [3.63, 3.8) is 0 Å². The van der Waals surface area contributed by atoms with Crippen LogP contribution in [0.15, 0.2) is 89.5 Å². The number of carbonyl (C=O) groups is 2. The molecule has 0 atom stereocenters. The third kappa shape index (κ3) is 3.40. The quantitative estimate of drug-likeness (QED) is 0.475. The summed E-state index contributed by atoms with van der Waals surface area (Å²) in [6, 6.07) is 24.7. The van der Waals surface area contributed by atoms with Crippen molar-refractivity contribution in [3.8, 4) is 11.1 Å². The highest BCUT2D eigenvalue weighted by molar-refractivity contribution is 6.10. The van der Waals surface area contributed by atoms with Crippen LogP contribution in [0, 0.1) is 6.92 Å². The second kappa shape index (κ2) is 7.61. The van der Waals surface area contributed by atoms with E-state index in [-0.39, 0.29) is 11.8 Å². The molecule has 0 saturated carbocycles. The van der Waals surface area contributed by atoms with Crippen molar-refractivity contribution in [3.05, 3.63) is 108 Å². The number of benzene rings is 3. The molecule has 0 saturated heterocycles. The van der Waals surface area contributed by atoms with Crippen LogP contribution in [0.3, 0.4) is 0 Å². The first-order valence-electron chi connectivity index (χ1n) is 10.1. The molecule has 3 aromatic carbocycles. The normalized spacial score (nSPS) is 12.1. The Kier molecular flexibility index (Phi) is 4.64. The molecule has 1 aromatic heterocycles. The molecule has 4 aromatic rings. The third-order valence-electron chi connectivity index (χ3n) is 5.57. The zero-order valence-electron chi connectivity index (χ0n) is 17.0. The van der Waals surface area contributed by atoms with E-state index in [1.54, 1.807) is 42.2 Å². The van der Waals surface area contributed by atoms with Crippen LogP contribution in [-0.4, -0.2) is 11.8 Å². The number of fused-ring (bicyclic) bond motifs is 3. The molecule has 1 aliphatic rings. The summed E-state index contributed by atoms with van der Waals surface area (Å²) < 4.78 is 5.18. The van der Waals surface area contributed by atoms with E-state index in [2.05, 4.69) is 17.4 Å². The van der Waals surface area contributed by atoms with Crippen molar-refractivity contribution < 1.29 is 14.0 Å². The molecule has 2 amide bonds. The largest absolute Gasteiger partial charge is 0.469 e. The van der Waals surface area contributed by atoms with E-state index < -0.39 is 0 Å². The summed E-state index contributed by atoms with van der Waals surface area (Å²) in [5.74, 6) is 0.241. The highest BCUT2D eigenvalue weighted by Gasteiger charge is 2.26. The first-order chi connectivity index (χ1) is 15.1. The number of aryl methyl sites for hydroxylation is 1. The summed E-state index contributed by atoms with van der Waals surface area (Å²) in [5, 5.41) is 2.84. The van der Waals surface area contributed by atoms with Crippen molar-refractivity contribution in [1.82, 2.24) is 0 Å². The summed E-state index contributed by atoms with van der Waals surface area (Å²) in [6.45, 7) is 2.26. The second-order valence-electron chi connectivity index (χ2n) is 7.49. The average Bonchev–Trinajstić information content (AvgIpc) is 3.24. The maximum absolute atomic E-state index is 13.4. The fourth-order valence-corrected chi connectivity index (χ4v) is 3.97. The van der Waals surface area contributed by atoms with Gasteiger partial charge in [0.2, 0.25) is 0 Å². The molecule has 0 unspecified atom stereocenters. The first kappa shape index (κ1) is 18.9. The number of hydrogen-bond acceptors (Lipinski definition) is 3. The Morgan fingerprint density at radius 1 is 0.871 bits per heavy atom. The summed E-state index contributed by atoms with van der Waals surface area (Å²) >= 11 is 0. The van der Waals surface area contributed by atoms with Crippen molar-refractivity contribution in [2.75, 3.05) is 10.2 Å². The third-order valence-corrected chi connectivity index (χ3v) is 5.57. The maximum atomic E-state index is 13.4. The predicted molar refractivity (Wildman–Crippen MR) is 120 cm³/mol. The van der Waals surface area contributed by atoms with Crippen LogP contribution in [0.2, 0.25) is 0 Å². The van der Waals surface area contributed by atoms with E-state index in [4.69, 9.17) is 4.42 Å². The van der Waals surface area contributed by atoms with Crippen LogP contribution in [-0.2, 0) is 6.54 Å². The molecular weight excluding hydrogens is 388 g/mol. The molecule has 0 spiro atoms. The summed E-state index contributed by atoms with van der Waals surface area (Å²) in [6.07, 6.45) is 1.49. The molecule has 0 fully saturated rings. The van der Waals surface area contributed by atoms with E-state index in [1.807, 2.05) is 36.4 Å². The van der Waals surface area contributed by atoms with Gasteiger partial charge in [-0.1, -0.05) is 42.5 Å². The highest BCUT2D eigenvalue weighted by atomic mass is 16.3. The van der Waals surface area contributed by atoms with Gasteiger partial charge in [0.05, 0.1) is 24.1 Å². The van der Waals surface area contributed by atoms with Gasteiger partial charge in [-0.05, 0) is 54.4 Å². The minimum atomic E-state index is -0.244. The monoisotopic (exact) mass is 408 g/mol. The molecule has 1 N–H and O–H groups in total. The van der Waals surface area contributed by atoms with Crippen LogP contribution in [0.1, 0.15) is 32.0 Å². The number of para-hydroxylation sites is 1. The number of furan rings is 1. The summed E-state index contributed by atoms with van der Waals surface area (Å²) in [7, 11) is 0. The fraction of sp³-hybridized carbons (Fsp3) is 0.0769. The van der Waals surface area contributed by atoms with E-state index in [9.17, 15) is 9.59 Å². The molecule has 0 bridgehead atoms. The van der Waals surface area contributed by atoms with Gasteiger partial charge in [-0.3, -0.25) is 9.59 Å². The molecule has 5 heteroatoms. The first-order valence-corrected chi connectivity index (χ1v) is 10.1. The van der Waals surface area contributed by atoms with Crippen LogP contribution in [0.4, 0.5) is 11.4 Å². The molecule has 5 nitrogen and oxygen atoms in total. The Morgan fingerprint density at radius 3 is 2.32 bits per heavy atom. The lowest BCUT2D eigenvalue weighted by molar-refractivity contribution is 0.0983. The summed E-state index contributed by atoms with van der Waals surface area (Å²) in [5.41, 5.74) is 5.90. The molecule has 1 aliphatic heterocycles. The van der Waals surface area contributed by atoms with Gasteiger partial charge < -0.3 is 14.6 Å². The van der Waals surface area contributed by atoms with Crippen molar-refractivity contribution in [2.24, 2.45) is 0 Å². The Hall–Kier alpha value is -4.12. The number of anilines is 2. The lowest BCUT2D eigenvalue weighted by atomic mass is 9.93. The van der Waals surface area contributed by atoms with E-state index in [1.165, 1.54) is 6.26 Å². The smallest absolute Gasteiger partial charge is 0.259 e. The Bertz CT molecular complexity index is 1290. The topological polar surface area (TPSA) is 62.6 Å². The van der Waals surface area contributed by atoms with Crippen molar-refractivity contribution >= 4 is 23.2 Å². The zero-order valence-corrected chi connectivity index (χ0v) is 17.0. The highest BCUT2D eigenvalue weighted by Crippen LogP contribution is 2.39. The van der Waals surface area contributed by atoms with Gasteiger partial charge in [-0.25, -0.2) is 0 Å². The Morgan fingerprint density at radius 2 is 1.58 bits per heavy atom. The standard InChI is InChI=1S/C26H20N2O3/c1-17-21(14-15-31-17)25(29)27-20-12-10-18(11-13-20)26(30)28-16-19-6-2-3-7-22(19)23-8-4-5-9-24(23)28/h2-15H,16H2,1H3,(H,27,29). The van der Waals surface area contributed by atoms with Gasteiger partial charge in [0, 0.05) is 16.8 Å². The number of amides is 2. The molecular formula is C26H20N2O3. The van der Waals surface area contributed by atoms with Crippen LogP contribution >= 0.6 is 0 Å². The number of hydrogen-bond donors (Lipinski definition) is 1.